The third kappa shape index (κ3) is 7.84. The SMILES string of the molecule is Cc1cccn1Cc1ccccc1.Cc1ccn(C)c1.c1ccc(Cn2cccc2)cc1. The number of benzene rings is 2. The summed E-state index contributed by atoms with van der Waals surface area (Å²) in [6, 6.07) is 31.3. The Balaban J connectivity index is 0.000000142. The monoisotopic (exact) mass is 423 g/mol. The van der Waals surface area contributed by atoms with Crippen molar-refractivity contribution in [2.24, 2.45) is 7.05 Å². The molecule has 0 radical (unpaired) electrons. The number of hydrogen-bond acceptors (Lipinski definition) is 0. The van der Waals surface area contributed by atoms with E-state index in [0.717, 1.165) is 13.1 Å². The summed E-state index contributed by atoms with van der Waals surface area (Å²) in [5, 5.41) is 0. The van der Waals surface area contributed by atoms with Gasteiger partial charge in [-0.15, -0.1) is 0 Å². The molecule has 0 spiro atoms. The standard InChI is InChI=1S/C12H13N.C11H11N.C6H9N/c1-11-6-5-9-13(11)10-12-7-3-2-4-8-12;1-2-6-11(7-3-1)10-12-8-4-5-9-12;1-6-3-4-7(2)5-6/h2-9H,10H2,1H3;1-9H,10H2;3-5H,1-2H3. The Kier molecular flexibility index (Phi) is 8.76. The average Bonchev–Trinajstić information content (AvgIpc) is 3.55. The fourth-order valence-electron chi connectivity index (χ4n) is 3.37. The highest BCUT2D eigenvalue weighted by Gasteiger charge is 1.95. The fourth-order valence-corrected chi connectivity index (χ4v) is 3.37. The largest absolute Gasteiger partial charge is 0.357 e. The molecule has 0 fully saturated rings. The molecule has 0 atom stereocenters. The topological polar surface area (TPSA) is 14.8 Å². The summed E-state index contributed by atoms with van der Waals surface area (Å²) in [6.07, 6.45) is 10.4. The predicted octanol–water partition coefficient (Wildman–Crippen LogP) is 6.71. The third-order valence-corrected chi connectivity index (χ3v) is 5.11. The molecule has 3 nitrogen and oxygen atoms in total. The van der Waals surface area contributed by atoms with Crippen molar-refractivity contribution in [3.63, 3.8) is 0 Å². The average molecular weight is 424 g/mol. The number of nitrogens with zero attached hydrogens (tertiary/aromatic N) is 3. The Morgan fingerprint density at radius 1 is 0.562 bits per heavy atom. The Labute approximate surface area is 192 Å². The summed E-state index contributed by atoms with van der Waals surface area (Å²) in [7, 11) is 2.02. The van der Waals surface area contributed by atoms with Crippen LogP contribution in [0.25, 0.3) is 0 Å². The second-order valence-electron chi connectivity index (χ2n) is 7.96. The van der Waals surface area contributed by atoms with Crippen LogP contribution < -0.4 is 0 Å². The van der Waals surface area contributed by atoms with Crippen LogP contribution in [0.3, 0.4) is 0 Å². The van der Waals surface area contributed by atoms with E-state index in [1.54, 1.807) is 0 Å². The quantitative estimate of drug-likeness (QED) is 0.305. The number of aromatic nitrogens is 3. The van der Waals surface area contributed by atoms with E-state index in [0.29, 0.717) is 0 Å². The van der Waals surface area contributed by atoms with E-state index < -0.39 is 0 Å². The molecule has 0 saturated carbocycles. The maximum Gasteiger partial charge on any atom is 0.0472 e. The molecule has 5 aromatic rings. The van der Waals surface area contributed by atoms with Gasteiger partial charge in [0.2, 0.25) is 0 Å². The van der Waals surface area contributed by atoms with E-state index in [1.807, 2.05) is 42.1 Å². The van der Waals surface area contributed by atoms with Crippen LogP contribution >= 0.6 is 0 Å². The van der Waals surface area contributed by atoms with Gasteiger partial charge < -0.3 is 13.7 Å². The summed E-state index contributed by atoms with van der Waals surface area (Å²) in [6.45, 7) is 6.15. The molecule has 3 heteroatoms. The van der Waals surface area contributed by atoms with Crippen LogP contribution in [0.2, 0.25) is 0 Å². The molecule has 0 aliphatic rings. The van der Waals surface area contributed by atoms with Crippen molar-refractivity contribution in [3.05, 3.63) is 144 Å². The summed E-state index contributed by atoms with van der Waals surface area (Å²) >= 11 is 0. The molecule has 0 aliphatic carbocycles. The summed E-state index contributed by atoms with van der Waals surface area (Å²) in [4.78, 5) is 0. The molecule has 3 aromatic heterocycles. The molecular weight excluding hydrogens is 390 g/mol. The fraction of sp³-hybridized carbons (Fsp3) is 0.172. The molecule has 0 aliphatic heterocycles. The van der Waals surface area contributed by atoms with Crippen molar-refractivity contribution in [1.82, 2.24) is 13.7 Å². The van der Waals surface area contributed by atoms with E-state index in [4.69, 9.17) is 0 Å². The molecule has 3 heterocycles. The number of hydrogen-bond donors (Lipinski definition) is 0. The van der Waals surface area contributed by atoms with Gasteiger partial charge in [0.25, 0.3) is 0 Å². The van der Waals surface area contributed by atoms with Gasteiger partial charge in [0.1, 0.15) is 0 Å². The minimum atomic E-state index is 0.966. The Bertz CT molecular complexity index is 1120. The lowest BCUT2D eigenvalue weighted by Crippen LogP contribution is -1.99. The second-order valence-corrected chi connectivity index (χ2v) is 7.96. The van der Waals surface area contributed by atoms with Crippen molar-refractivity contribution in [1.29, 1.82) is 0 Å². The lowest BCUT2D eigenvalue weighted by atomic mass is 10.2. The summed E-state index contributed by atoms with van der Waals surface area (Å²) in [5.41, 5.74) is 5.32. The van der Waals surface area contributed by atoms with Crippen LogP contribution in [0, 0.1) is 13.8 Å². The molecule has 32 heavy (non-hydrogen) atoms. The van der Waals surface area contributed by atoms with E-state index in [-0.39, 0.29) is 0 Å². The van der Waals surface area contributed by atoms with Crippen LogP contribution in [0.5, 0.6) is 0 Å². The van der Waals surface area contributed by atoms with Crippen molar-refractivity contribution in [3.8, 4) is 0 Å². The first-order chi connectivity index (χ1) is 15.6. The molecule has 0 N–H and O–H groups in total. The smallest absolute Gasteiger partial charge is 0.0472 e. The van der Waals surface area contributed by atoms with Crippen LogP contribution in [0.4, 0.5) is 0 Å². The highest BCUT2D eigenvalue weighted by molar-refractivity contribution is 5.17. The molecule has 164 valence electrons. The number of aryl methyl sites for hydroxylation is 3. The van der Waals surface area contributed by atoms with Crippen LogP contribution in [-0.4, -0.2) is 13.7 Å². The molecular formula is C29H33N3. The van der Waals surface area contributed by atoms with Crippen molar-refractivity contribution >= 4 is 0 Å². The summed E-state index contributed by atoms with van der Waals surface area (Å²) < 4.78 is 6.44. The lowest BCUT2D eigenvalue weighted by molar-refractivity contribution is 0.776. The zero-order valence-corrected chi connectivity index (χ0v) is 19.3. The van der Waals surface area contributed by atoms with E-state index in [9.17, 15) is 0 Å². The van der Waals surface area contributed by atoms with E-state index in [2.05, 4.69) is 114 Å². The minimum absolute atomic E-state index is 0.966. The van der Waals surface area contributed by atoms with Crippen LogP contribution in [-0.2, 0) is 20.1 Å². The molecule has 0 amide bonds. The zero-order chi connectivity index (χ0) is 22.6. The Morgan fingerprint density at radius 2 is 1.16 bits per heavy atom. The van der Waals surface area contributed by atoms with Gasteiger partial charge in [0.05, 0.1) is 0 Å². The molecule has 0 saturated heterocycles. The van der Waals surface area contributed by atoms with Gasteiger partial charge in [0.15, 0.2) is 0 Å². The van der Waals surface area contributed by atoms with Gasteiger partial charge in [-0.2, -0.15) is 0 Å². The first-order valence-corrected chi connectivity index (χ1v) is 11.0. The van der Waals surface area contributed by atoms with Gasteiger partial charge in [-0.25, -0.2) is 0 Å². The van der Waals surface area contributed by atoms with Gasteiger partial charge in [-0.05, 0) is 60.9 Å². The predicted molar refractivity (Wildman–Crippen MR) is 135 cm³/mol. The van der Waals surface area contributed by atoms with Crippen molar-refractivity contribution in [2.75, 3.05) is 0 Å². The highest BCUT2D eigenvalue weighted by atomic mass is 15.0. The van der Waals surface area contributed by atoms with E-state index >= 15 is 0 Å². The summed E-state index contributed by atoms with van der Waals surface area (Å²) in [5.74, 6) is 0. The van der Waals surface area contributed by atoms with Gasteiger partial charge in [-0.3, -0.25) is 0 Å². The lowest BCUT2D eigenvalue weighted by Gasteiger charge is -2.05. The molecule has 2 aromatic carbocycles. The Hall–Kier alpha value is -3.72. The van der Waals surface area contributed by atoms with Gasteiger partial charge in [-0.1, -0.05) is 60.7 Å². The van der Waals surface area contributed by atoms with Gasteiger partial charge >= 0.3 is 0 Å². The van der Waals surface area contributed by atoms with Crippen molar-refractivity contribution < 1.29 is 0 Å². The van der Waals surface area contributed by atoms with Crippen molar-refractivity contribution in [2.45, 2.75) is 26.9 Å². The van der Waals surface area contributed by atoms with Crippen LogP contribution in [0.15, 0.2) is 122 Å². The maximum atomic E-state index is 2.25. The normalized spacial score (nSPS) is 9.97. The minimum Gasteiger partial charge on any atom is -0.357 e. The number of rotatable bonds is 4. The highest BCUT2D eigenvalue weighted by Crippen LogP contribution is 2.06. The third-order valence-electron chi connectivity index (χ3n) is 5.11. The first-order valence-electron chi connectivity index (χ1n) is 11.0. The second kappa shape index (κ2) is 12.2. The molecule has 0 unspecified atom stereocenters. The zero-order valence-electron chi connectivity index (χ0n) is 19.3. The molecule has 5 rings (SSSR count). The maximum absolute atomic E-state index is 2.25. The van der Waals surface area contributed by atoms with Gasteiger partial charge in [0, 0.05) is 56.8 Å². The van der Waals surface area contributed by atoms with E-state index in [1.165, 1.54) is 22.4 Å². The molecule has 0 bridgehead atoms. The van der Waals surface area contributed by atoms with Crippen LogP contribution in [0.1, 0.15) is 22.4 Å². The Morgan fingerprint density at radius 3 is 1.59 bits per heavy atom. The first kappa shape index (κ1) is 23.0.